The summed E-state index contributed by atoms with van der Waals surface area (Å²) >= 11 is 0. The lowest BCUT2D eigenvalue weighted by molar-refractivity contribution is 0.173. The van der Waals surface area contributed by atoms with Crippen molar-refractivity contribution in [1.82, 2.24) is 14.0 Å². The van der Waals surface area contributed by atoms with Gasteiger partial charge in [-0.3, -0.25) is 4.98 Å². The van der Waals surface area contributed by atoms with E-state index in [1.807, 2.05) is 18.2 Å². The van der Waals surface area contributed by atoms with Crippen LogP contribution in [0.15, 0.2) is 24.4 Å². The largest absolute Gasteiger partial charge is 0.493 e. The number of nitrogens with zero attached hydrogens (tertiary/aromatic N) is 3. The predicted molar refractivity (Wildman–Crippen MR) is 124 cm³/mol. The average molecular weight is 479 g/mol. The molecule has 0 saturated carbocycles. The molecule has 1 unspecified atom stereocenters. The van der Waals surface area contributed by atoms with Gasteiger partial charge >= 0.3 is 16.3 Å². The highest BCUT2D eigenvalue weighted by atomic mass is 32.2. The quantitative estimate of drug-likeness (QED) is 0.650. The summed E-state index contributed by atoms with van der Waals surface area (Å²) in [5.41, 5.74) is 1.93. The molecule has 4 rings (SSSR count). The van der Waals surface area contributed by atoms with Gasteiger partial charge in [0.15, 0.2) is 11.5 Å². The Morgan fingerprint density at radius 2 is 1.79 bits per heavy atom. The SMILES string of the molecule is COc1cc2nccc(N3CCC(C4CCCN(S(=O)(=O)NC(=O)O)C4)CC3)c2cc1OC. The van der Waals surface area contributed by atoms with E-state index < -0.39 is 16.3 Å². The van der Waals surface area contributed by atoms with E-state index in [0.717, 1.165) is 55.4 Å². The van der Waals surface area contributed by atoms with Gasteiger partial charge in [0.2, 0.25) is 0 Å². The minimum atomic E-state index is -4.00. The average Bonchev–Trinajstić information content (AvgIpc) is 2.82. The number of ether oxygens (including phenoxy) is 2. The number of hydrogen-bond donors (Lipinski definition) is 2. The van der Waals surface area contributed by atoms with E-state index in [0.29, 0.717) is 30.5 Å². The zero-order chi connectivity index (χ0) is 23.6. The van der Waals surface area contributed by atoms with Crippen molar-refractivity contribution in [3.63, 3.8) is 0 Å². The molecule has 0 spiro atoms. The molecule has 1 aromatic heterocycles. The van der Waals surface area contributed by atoms with Crippen molar-refractivity contribution < 1.29 is 27.8 Å². The lowest BCUT2D eigenvalue weighted by Crippen LogP contribution is -2.49. The summed E-state index contributed by atoms with van der Waals surface area (Å²) in [6.07, 6.45) is 3.84. The van der Waals surface area contributed by atoms with Crippen molar-refractivity contribution in [3.05, 3.63) is 24.4 Å². The van der Waals surface area contributed by atoms with Crippen molar-refractivity contribution >= 4 is 32.9 Å². The molecule has 0 aliphatic carbocycles. The van der Waals surface area contributed by atoms with Crippen LogP contribution in [0.5, 0.6) is 11.5 Å². The second-order valence-electron chi connectivity index (χ2n) is 8.55. The van der Waals surface area contributed by atoms with Gasteiger partial charge < -0.3 is 19.5 Å². The van der Waals surface area contributed by atoms with E-state index in [-0.39, 0.29) is 5.92 Å². The van der Waals surface area contributed by atoms with Gasteiger partial charge in [-0.2, -0.15) is 12.7 Å². The number of nitrogens with one attached hydrogen (secondary N) is 1. The van der Waals surface area contributed by atoms with Gasteiger partial charge in [0.25, 0.3) is 0 Å². The second-order valence-corrected chi connectivity index (χ2v) is 10.2. The Balaban J connectivity index is 1.46. The van der Waals surface area contributed by atoms with Crippen LogP contribution in [-0.4, -0.2) is 69.3 Å². The third-order valence-corrected chi connectivity index (χ3v) is 8.19. The number of rotatable bonds is 6. The Hall–Kier alpha value is -2.79. The first kappa shape index (κ1) is 23.4. The molecule has 33 heavy (non-hydrogen) atoms. The fourth-order valence-electron chi connectivity index (χ4n) is 5.10. The smallest absolute Gasteiger partial charge is 0.419 e. The topological polar surface area (TPSA) is 121 Å². The van der Waals surface area contributed by atoms with Gasteiger partial charge in [0.1, 0.15) is 0 Å². The van der Waals surface area contributed by atoms with Crippen LogP contribution >= 0.6 is 0 Å². The molecule has 1 atom stereocenters. The fraction of sp³-hybridized carbons (Fsp3) is 0.545. The molecule has 0 radical (unpaired) electrons. The van der Waals surface area contributed by atoms with Crippen LogP contribution < -0.4 is 19.1 Å². The van der Waals surface area contributed by atoms with Crippen LogP contribution in [0, 0.1) is 11.8 Å². The molecular formula is C22H30N4O6S. The fourth-order valence-corrected chi connectivity index (χ4v) is 6.20. The molecule has 1 aromatic carbocycles. The van der Waals surface area contributed by atoms with Crippen LogP contribution in [0.25, 0.3) is 10.9 Å². The van der Waals surface area contributed by atoms with Crippen LogP contribution in [0.1, 0.15) is 25.7 Å². The van der Waals surface area contributed by atoms with Crippen molar-refractivity contribution in [2.45, 2.75) is 25.7 Å². The van der Waals surface area contributed by atoms with Gasteiger partial charge in [-0.25, -0.2) is 9.52 Å². The number of pyridine rings is 1. The maximum Gasteiger partial charge on any atom is 0.419 e. The number of hydrogen-bond acceptors (Lipinski definition) is 7. The lowest BCUT2D eigenvalue weighted by atomic mass is 9.80. The standard InChI is InChI=1S/C22H30N4O6S/c1-31-20-12-17-18(13-21(20)32-2)23-8-5-19(17)25-10-6-15(7-11-25)16-4-3-9-26(14-16)33(29,30)24-22(27)28/h5,8,12-13,15-16,24H,3-4,6-7,9-11,14H2,1-2H3,(H,27,28). The van der Waals surface area contributed by atoms with Gasteiger partial charge in [-0.1, -0.05) is 0 Å². The zero-order valence-corrected chi connectivity index (χ0v) is 19.7. The Bertz CT molecular complexity index is 1120. The summed E-state index contributed by atoms with van der Waals surface area (Å²) in [5, 5.41) is 9.83. The summed E-state index contributed by atoms with van der Waals surface area (Å²) in [6, 6.07) is 5.86. The first-order valence-electron chi connectivity index (χ1n) is 11.1. The minimum absolute atomic E-state index is 0.227. The minimum Gasteiger partial charge on any atom is -0.493 e. The van der Waals surface area contributed by atoms with E-state index in [4.69, 9.17) is 14.6 Å². The van der Waals surface area contributed by atoms with Crippen molar-refractivity contribution in [1.29, 1.82) is 0 Å². The molecular weight excluding hydrogens is 448 g/mol. The van der Waals surface area contributed by atoms with Crippen molar-refractivity contribution in [2.75, 3.05) is 45.3 Å². The molecule has 10 nitrogen and oxygen atoms in total. The molecule has 0 bridgehead atoms. The van der Waals surface area contributed by atoms with E-state index >= 15 is 0 Å². The molecule has 2 aromatic rings. The molecule has 1 amide bonds. The molecule has 180 valence electrons. The molecule has 2 fully saturated rings. The maximum absolute atomic E-state index is 12.3. The first-order valence-corrected chi connectivity index (χ1v) is 12.5. The summed E-state index contributed by atoms with van der Waals surface area (Å²) in [7, 11) is -0.780. The Morgan fingerprint density at radius 3 is 2.45 bits per heavy atom. The number of methoxy groups -OCH3 is 2. The third kappa shape index (κ3) is 4.93. The van der Waals surface area contributed by atoms with Crippen LogP contribution in [0.2, 0.25) is 0 Å². The number of piperidine rings is 2. The molecule has 2 aliphatic heterocycles. The van der Waals surface area contributed by atoms with E-state index in [9.17, 15) is 13.2 Å². The molecule has 2 saturated heterocycles. The zero-order valence-electron chi connectivity index (χ0n) is 18.9. The number of aromatic nitrogens is 1. The van der Waals surface area contributed by atoms with Crippen molar-refractivity contribution in [2.24, 2.45) is 11.8 Å². The number of anilines is 1. The highest BCUT2D eigenvalue weighted by molar-refractivity contribution is 7.87. The number of carbonyl (C=O) groups is 1. The molecule has 11 heteroatoms. The number of benzene rings is 1. The summed E-state index contributed by atoms with van der Waals surface area (Å²) < 4.78 is 38.4. The monoisotopic (exact) mass is 478 g/mol. The highest BCUT2D eigenvalue weighted by Gasteiger charge is 2.35. The van der Waals surface area contributed by atoms with Crippen LogP contribution in [0.3, 0.4) is 0 Å². The molecule has 2 N–H and O–H groups in total. The summed E-state index contributed by atoms with van der Waals surface area (Å²) in [4.78, 5) is 17.7. The number of carboxylic acid groups (broad SMARTS) is 1. The Morgan fingerprint density at radius 1 is 1.09 bits per heavy atom. The van der Waals surface area contributed by atoms with Crippen LogP contribution in [-0.2, 0) is 10.2 Å². The number of amides is 1. The van der Waals surface area contributed by atoms with E-state index in [1.165, 1.54) is 4.31 Å². The predicted octanol–water partition coefficient (Wildman–Crippen LogP) is 2.69. The molecule has 3 heterocycles. The van der Waals surface area contributed by atoms with Gasteiger partial charge in [-0.05, 0) is 49.7 Å². The maximum atomic E-state index is 12.3. The van der Waals surface area contributed by atoms with E-state index in [1.54, 1.807) is 25.1 Å². The Kier molecular flexibility index (Phi) is 6.80. The summed E-state index contributed by atoms with van der Waals surface area (Å²) in [6.45, 7) is 2.43. The Labute approximate surface area is 193 Å². The summed E-state index contributed by atoms with van der Waals surface area (Å²) in [5.74, 6) is 1.92. The van der Waals surface area contributed by atoms with Gasteiger partial charge in [-0.15, -0.1) is 0 Å². The number of fused-ring (bicyclic) bond motifs is 1. The van der Waals surface area contributed by atoms with Crippen molar-refractivity contribution in [3.8, 4) is 11.5 Å². The van der Waals surface area contributed by atoms with Gasteiger partial charge in [0, 0.05) is 49.5 Å². The lowest BCUT2D eigenvalue weighted by Gasteiger charge is -2.41. The van der Waals surface area contributed by atoms with E-state index in [2.05, 4.69) is 9.88 Å². The normalized spacial score (nSPS) is 20.5. The third-order valence-electron chi connectivity index (χ3n) is 6.75. The molecule has 2 aliphatic rings. The first-order chi connectivity index (χ1) is 15.8. The van der Waals surface area contributed by atoms with Gasteiger partial charge in [0.05, 0.1) is 19.7 Å². The van der Waals surface area contributed by atoms with Crippen LogP contribution in [0.4, 0.5) is 10.5 Å². The second kappa shape index (κ2) is 9.60. The highest BCUT2D eigenvalue weighted by Crippen LogP contribution is 2.38.